The Balaban J connectivity index is 4.42. The van der Waals surface area contributed by atoms with Gasteiger partial charge in [-0.25, -0.2) is 0 Å². The first-order valence-electron chi connectivity index (χ1n) is 35.2. The van der Waals surface area contributed by atoms with Gasteiger partial charge in [0, 0.05) is 19.3 Å². The predicted octanol–water partition coefficient (Wildman–Crippen LogP) is 24.4. The molecule has 0 aromatic carbocycles. The quantitative estimate of drug-likeness (QED) is 0.0261. The topological polar surface area (TPSA) is 78.9 Å². The molecule has 0 fully saturated rings. The molecule has 1 atom stereocenters. The minimum Gasteiger partial charge on any atom is -0.462 e. The van der Waals surface area contributed by atoms with Crippen molar-refractivity contribution >= 4 is 17.9 Å². The molecular weight excluding hydrogens is 1010 g/mol. The van der Waals surface area contributed by atoms with E-state index in [0.29, 0.717) is 19.3 Å². The third kappa shape index (κ3) is 67.1. The van der Waals surface area contributed by atoms with Crippen LogP contribution in [0.15, 0.2) is 97.2 Å². The van der Waals surface area contributed by atoms with Crippen LogP contribution >= 0.6 is 0 Å². The molecule has 1 unspecified atom stereocenters. The second-order valence-electron chi connectivity index (χ2n) is 23.4. The second kappa shape index (κ2) is 69.8. The molecule has 0 N–H and O–H groups in total. The largest absolute Gasteiger partial charge is 0.462 e. The van der Waals surface area contributed by atoms with Crippen LogP contribution in [-0.4, -0.2) is 37.2 Å². The molecule has 0 saturated heterocycles. The number of allylic oxidation sites excluding steroid dienone is 16. The zero-order valence-corrected chi connectivity index (χ0v) is 54.2. The lowest BCUT2D eigenvalue weighted by Gasteiger charge is -2.18. The van der Waals surface area contributed by atoms with Crippen molar-refractivity contribution in [2.24, 2.45) is 0 Å². The molecule has 6 heteroatoms. The highest BCUT2D eigenvalue weighted by atomic mass is 16.6. The third-order valence-corrected chi connectivity index (χ3v) is 15.3. The molecule has 0 spiro atoms. The van der Waals surface area contributed by atoms with Crippen LogP contribution in [-0.2, 0) is 28.6 Å². The summed E-state index contributed by atoms with van der Waals surface area (Å²) >= 11 is 0. The van der Waals surface area contributed by atoms with E-state index in [-0.39, 0.29) is 31.1 Å². The molecule has 0 aliphatic rings. The minimum atomic E-state index is -0.791. The van der Waals surface area contributed by atoms with Crippen LogP contribution in [0.25, 0.3) is 0 Å². The Kier molecular flexibility index (Phi) is 66.7. The van der Waals surface area contributed by atoms with Crippen LogP contribution in [0.3, 0.4) is 0 Å². The van der Waals surface area contributed by atoms with Crippen LogP contribution in [0.1, 0.15) is 348 Å². The lowest BCUT2D eigenvalue weighted by Crippen LogP contribution is -2.30. The number of unbranched alkanes of at least 4 members (excludes halogenated alkanes) is 37. The summed E-state index contributed by atoms with van der Waals surface area (Å²) in [7, 11) is 0. The van der Waals surface area contributed by atoms with E-state index in [9.17, 15) is 14.4 Å². The van der Waals surface area contributed by atoms with Gasteiger partial charge in [-0.05, 0) is 103 Å². The van der Waals surface area contributed by atoms with Crippen LogP contribution < -0.4 is 0 Å². The molecule has 0 radical (unpaired) electrons. The Morgan fingerprint density at radius 1 is 0.256 bits per heavy atom. The standard InChI is InChI=1S/C76H132O6/c1-4-7-10-13-16-19-22-25-28-31-34-36-38-40-42-45-48-51-54-57-60-63-66-69-75(78)81-72-73(71-80-74(77)68-65-62-59-56-53-50-47-44-33-30-27-24-21-18-15-12-9-6-3)82-76(79)70-67-64-61-58-55-52-49-46-43-41-39-37-35-32-29-26-23-20-17-14-11-8-5-2/h7,10,16,19,23,25-26,28,32,34-36,40,42,48,51,73H,4-6,8-9,11-15,17-18,20-22,24,27,29-31,33,37-39,41,43-47,49-50,52-72H2,1-3H3/b10-7-,19-16-,26-23-,28-25-,35-32-,36-34-,42-40-,51-48-. The summed E-state index contributed by atoms with van der Waals surface area (Å²) < 4.78 is 17.0. The summed E-state index contributed by atoms with van der Waals surface area (Å²) in [5.74, 6) is -0.894. The van der Waals surface area contributed by atoms with Crippen molar-refractivity contribution in [3.05, 3.63) is 97.2 Å². The van der Waals surface area contributed by atoms with Crippen LogP contribution in [0.2, 0.25) is 0 Å². The summed E-state index contributed by atoms with van der Waals surface area (Å²) in [6, 6.07) is 0. The van der Waals surface area contributed by atoms with E-state index in [2.05, 4.69) is 118 Å². The smallest absolute Gasteiger partial charge is 0.306 e. The molecule has 0 bridgehead atoms. The van der Waals surface area contributed by atoms with Gasteiger partial charge >= 0.3 is 17.9 Å². The molecule has 472 valence electrons. The van der Waals surface area contributed by atoms with E-state index in [0.717, 1.165) is 116 Å². The summed E-state index contributed by atoms with van der Waals surface area (Å²) in [4.78, 5) is 38.5. The van der Waals surface area contributed by atoms with E-state index >= 15 is 0 Å². The number of rotatable bonds is 64. The van der Waals surface area contributed by atoms with Crippen molar-refractivity contribution in [2.45, 2.75) is 354 Å². The molecule has 0 aromatic rings. The lowest BCUT2D eigenvalue weighted by atomic mass is 10.0. The van der Waals surface area contributed by atoms with Gasteiger partial charge in [-0.15, -0.1) is 0 Å². The van der Waals surface area contributed by atoms with Gasteiger partial charge in [0.2, 0.25) is 0 Å². The van der Waals surface area contributed by atoms with Crippen molar-refractivity contribution < 1.29 is 28.6 Å². The van der Waals surface area contributed by atoms with Crippen LogP contribution in [0.4, 0.5) is 0 Å². The molecule has 0 saturated carbocycles. The SMILES string of the molecule is CC/C=C\C/C=C\C/C=C\C/C=C\C/C=C\C/C=C\CCCCCCC(=O)OCC(COC(=O)CCCCCCCCCCCCCCCCCCCC)OC(=O)CCCCCCCCCCCCC/C=C\C/C=C\CCCCCCC. The van der Waals surface area contributed by atoms with Crippen LogP contribution in [0, 0.1) is 0 Å². The zero-order valence-electron chi connectivity index (χ0n) is 54.2. The fraction of sp³-hybridized carbons (Fsp3) is 0.750. The fourth-order valence-corrected chi connectivity index (χ4v) is 10.1. The van der Waals surface area contributed by atoms with Gasteiger partial charge in [-0.2, -0.15) is 0 Å². The van der Waals surface area contributed by atoms with Crippen molar-refractivity contribution in [2.75, 3.05) is 13.2 Å². The third-order valence-electron chi connectivity index (χ3n) is 15.3. The Labute approximate surface area is 508 Å². The number of hydrogen-bond donors (Lipinski definition) is 0. The minimum absolute atomic E-state index is 0.0836. The van der Waals surface area contributed by atoms with Gasteiger partial charge in [0.05, 0.1) is 0 Å². The number of ether oxygens (including phenoxy) is 3. The Hall–Kier alpha value is -3.67. The van der Waals surface area contributed by atoms with Crippen molar-refractivity contribution in [3.8, 4) is 0 Å². The molecule has 0 aliphatic carbocycles. The number of hydrogen-bond acceptors (Lipinski definition) is 6. The van der Waals surface area contributed by atoms with Crippen molar-refractivity contribution in [3.63, 3.8) is 0 Å². The molecule has 0 heterocycles. The molecule has 0 aromatic heterocycles. The maximum Gasteiger partial charge on any atom is 0.306 e. The van der Waals surface area contributed by atoms with E-state index in [1.54, 1.807) is 0 Å². The summed E-state index contributed by atoms with van der Waals surface area (Å²) in [6.45, 7) is 6.54. The molecule has 0 rings (SSSR count). The summed E-state index contributed by atoms with van der Waals surface area (Å²) in [6.07, 6.45) is 94.2. The highest BCUT2D eigenvalue weighted by molar-refractivity contribution is 5.71. The van der Waals surface area contributed by atoms with Crippen molar-refractivity contribution in [1.82, 2.24) is 0 Å². The first kappa shape index (κ1) is 78.3. The Bertz CT molecular complexity index is 1590. The first-order chi connectivity index (χ1) is 40.5. The molecule has 6 nitrogen and oxygen atoms in total. The zero-order chi connectivity index (χ0) is 59.2. The van der Waals surface area contributed by atoms with E-state index in [1.807, 2.05) is 0 Å². The number of carbonyl (C=O) groups excluding carboxylic acids is 3. The lowest BCUT2D eigenvalue weighted by molar-refractivity contribution is -0.167. The first-order valence-corrected chi connectivity index (χ1v) is 35.2. The number of esters is 3. The average molecular weight is 1140 g/mol. The van der Waals surface area contributed by atoms with E-state index < -0.39 is 6.10 Å². The van der Waals surface area contributed by atoms with Crippen molar-refractivity contribution in [1.29, 1.82) is 0 Å². The molecular formula is C76H132O6. The maximum absolute atomic E-state index is 13.0. The monoisotopic (exact) mass is 1140 g/mol. The summed E-state index contributed by atoms with van der Waals surface area (Å²) in [5.41, 5.74) is 0. The van der Waals surface area contributed by atoms with Gasteiger partial charge in [-0.3, -0.25) is 14.4 Å². The summed E-state index contributed by atoms with van der Waals surface area (Å²) in [5, 5.41) is 0. The Morgan fingerprint density at radius 3 is 0.744 bits per heavy atom. The molecule has 0 amide bonds. The molecule has 82 heavy (non-hydrogen) atoms. The normalized spacial score (nSPS) is 12.7. The van der Waals surface area contributed by atoms with Gasteiger partial charge in [0.15, 0.2) is 6.10 Å². The highest BCUT2D eigenvalue weighted by Gasteiger charge is 2.19. The molecule has 0 aliphatic heterocycles. The Morgan fingerprint density at radius 2 is 0.476 bits per heavy atom. The maximum atomic E-state index is 13.0. The van der Waals surface area contributed by atoms with E-state index in [4.69, 9.17) is 14.2 Å². The fourth-order valence-electron chi connectivity index (χ4n) is 10.1. The van der Waals surface area contributed by atoms with Gasteiger partial charge in [0.1, 0.15) is 13.2 Å². The highest BCUT2D eigenvalue weighted by Crippen LogP contribution is 2.17. The van der Waals surface area contributed by atoms with Gasteiger partial charge in [-0.1, -0.05) is 323 Å². The number of carbonyl (C=O) groups is 3. The van der Waals surface area contributed by atoms with Crippen LogP contribution in [0.5, 0.6) is 0 Å². The van der Waals surface area contributed by atoms with Gasteiger partial charge < -0.3 is 14.2 Å². The van der Waals surface area contributed by atoms with Gasteiger partial charge in [0.25, 0.3) is 0 Å². The van der Waals surface area contributed by atoms with E-state index in [1.165, 1.54) is 193 Å². The second-order valence-corrected chi connectivity index (χ2v) is 23.4. The average Bonchev–Trinajstić information content (AvgIpc) is 3.47. The predicted molar refractivity (Wildman–Crippen MR) is 357 cm³/mol.